The molecule has 0 bridgehead atoms. The fraction of sp³-hybridized carbons (Fsp3) is 0.316. The summed E-state index contributed by atoms with van der Waals surface area (Å²) in [6, 6.07) is 12.6. The number of amides is 1. The van der Waals surface area contributed by atoms with Gasteiger partial charge in [-0.2, -0.15) is 4.98 Å². The number of carbonyl (C=O) groups is 1. The summed E-state index contributed by atoms with van der Waals surface area (Å²) in [6.45, 7) is 0.668. The van der Waals surface area contributed by atoms with Gasteiger partial charge in [0.25, 0.3) is 5.89 Å². The number of likely N-dealkylation sites (tertiary alicyclic amines) is 1. The summed E-state index contributed by atoms with van der Waals surface area (Å²) in [6.07, 6.45) is 2.51. The normalized spacial score (nSPS) is 22.6. The van der Waals surface area contributed by atoms with Crippen LogP contribution < -0.4 is 0 Å². The van der Waals surface area contributed by atoms with E-state index >= 15 is 0 Å². The van der Waals surface area contributed by atoms with Gasteiger partial charge in [-0.25, -0.2) is 0 Å². The summed E-state index contributed by atoms with van der Waals surface area (Å²) in [5.41, 5.74) is 2.66. The summed E-state index contributed by atoms with van der Waals surface area (Å²) in [7, 11) is 0. The molecule has 3 heterocycles. The minimum absolute atomic E-state index is 0.0118. The summed E-state index contributed by atoms with van der Waals surface area (Å²) in [5.74, 6) is 1.39. The molecule has 2 aliphatic rings. The van der Waals surface area contributed by atoms with E-state index in [4.69, 9.17) is 4.52 Å². The summed E-state index contributed by atoms with van der Waals surface area (Å²) < 4.78 is 5.39. The van der Waals surface area contributed by atoms with Crippen molar-refractivity contribution in [3.8, 4) is 10.8 Å². The standard InChI is InChI=1S/C19H17N3O2S/c23-17-10-13(18-20-19(24-21-18)16-6-3-9-25-16)11-22(17)15-8-7-12-4-1-2-5-14(12)15/h1-6,9,13,15H,7-8,10-11H2. The highest BCUT2D eigenvalue weighted by Crippen LogP contribution is 2.40. The first-order valence-corrected chi connectivity index (χ1v) is 9.42. The lowest BCUT2D eigenvalue weighted by Gasteiger charge is -2.25. The van der Waals surface area contributed by atoms with Crippen LogP contribution in [0.2, 0.25) is 0 Å². The maximum atomic E-state index is 12.6. The number of thiophene rings is 1. The Morgan fingerprint density at radius 3 is 3.00 bits per heavy atom. The molecule has 25 heavy (non-hydrogen) atoms. The van der Waals surface area contributed by atoms with Crippen molar-refractivity contribution in [1.29, 1.82) is 0 Å². The van der Waals surface area contributed by atoms with Crippen molar-refractivity contribution >= 4 is 17.2 Å². The van der Waals surface area contributed by atoms with E-state index in [1.165, 1.54) is 11.1 Å². The Labute approximate surface area is 149 Å². The van der Waals surface area contributed by atoms with Crippen molar-refractivity contribution in [2.45, 2.75) is 31.2 Å². The van der Waals surface area contributed by atoms with Crippen molar-refractivity contribution < 1.29 is 9.32 Å². The van der Waals surface area contributed by atoms with Crippen molar-refractivity contribution in [1.82, 2.24) is 15.0 Å². The second-order valence-corrected chi connectivity index (χ2v) is 7.58. The molecule has 2 aromatic heterocycles. The fourth-order valence-electron chi connectivity index (χ4n) is 3.97. The Bertz CT molecular complexity index is 918. The van der Waals surface area contributed by atoms with Crippen molar-refractivity contribution in [2.24, 2.45) is 0 Å². The third-order valence-electron chi connectivity index (χ3n) is 5.17. The van der Waals surface area contributed by atoms with Gasteiger partial charge < -0.3 is 9.42 Å². The smallest absolute Gasteiger partial charge is 0.267 e. The van der Waals surface area contributed by atoms with Crippen LogP contribution in [0.25, 0.3) is 10.8 Å². The van der Waals surface area contributed by atoms with Crippen molar-refractivity contribution in [2.75, 3.05) is 6.54 Å². The first-order chi connectivity index (χ1) is 12.3. The number of fused-ring (bicyclic) bond motifs is 1. The van der Waals surface area contributed by atoms with Crippen molar-refractivity contribution in [3.63, 3.8) is 0 Å². The van der Waals surface area contributed by atoms with Gasteiger partial charge in [-0.1, -0.05) is 35.5 Å². The highest BCUT2D eigenvalue weighted by atomic mass is 32.1. The maximum Gasteiger partial charge on any atom is 0.267 e. The van der Waals surface area contributed by atoms with Crippen molar-refractivity contribution in [3.05, 3.63) is 58.7 Å². The van der Waals surface area contributed by atoms with Gasteiger partial charge >= 0.3 is 0 Å². The van der Waals surface area contributed by atoms with Gasteiger partial charge in [0, 0.05) is 18.9 Å². The molecule has 1 saturated heterocycles. The summed E-state index contributed by atoms with van der Waals surface area (Å²) >= 11 is 1.57. The zero-order valence-corrected chi connectivity index (χ0v) is 14.4. The van der Waals surface area contributed by atoms with Crippen LogP contribution in [0, 0.1) is 0 Å². The Morgan fingerprint density at radius 1 is 1.20 bits per heavy atom. The molecule has 3 aromatic rings. The lowest BCUT2D eigenvalue weighted by Crippen LogP contribution is -2.28. The quantitative estimate of drug-likeness (QED) is 0.720. The Hall–Kier alpha value is -2.47. The van der Waals surface area contributed by atoms with E-state index in [-0.39, 0.29) is 17.9 Å². The molecule has 0 radical (unpaired) electrons. The maximum absolute atomic E-state index is 12.6. The number of hydrogen-bond donors (Lipinski definition) is 0. The average molecular weight is 351 g/mol. The molecule has 5 nitrogen and oxygen atoms in total. The molecule has 2 unspecified atom stereocenters. The van der Waals surface area contributed by atoms with E-state index in [1.54, 1.807) is 11.3 Å². The first-order valence-electron chi connectivity index (χ1n) is 8.54. The SMILES string of the molecule is O=C1CC(c2noc(-c3cccs3)n2)CN1C1CCc2ccccc21. The zero-order valence-electron chi connectivity index (χ0n) is 13.6. The second kappa shape index (κ2) is 5.81. The Balaban J connectivity index is 1.38. The molecule has 1 fully saturated rings. The lowest BCUT2D eigenvalue weighted by molar-refractivity contribution is -0.129. The highest BCUT2D eigenvalue weighted by Gasteiger charge is 2.39. The first kappa shape index (κ1) is 14.8. The van der Waals surface area contributed by atoms with Gasteiger partial charge in [0.1, 0.15) is 0 Å². The van der Waals surface area contributed by atoms with Gasteiger partial charge in [0.2, 0.25) is 5.91 Å². The van der Waals surface area contributed by atoms with Gasteiger partial charge in [0.05, 0.1) is 10.9 Å². The molecule has 1 aromatic carbocycles. The largest absolute Gasteiger partial charge is 0.335 e. The molecule has 126 valence electrons. The second-order valence-electron chi connectivity index (χ2n) is 6.64. The molecule has 1 amide bonds. The van der Waals surface area contributed by atoms with Crippen LogP contribution in [-0.2, 0) is 11.2 Å². The average Bonchev–Trinajstić information content (AvgIpc) is 3.40. The van der Waals surface area contributed by atoms with Crippen LogP contribution in [0.1, 0.15) is 41.8 Å². The molecular weight excluding hydrogens is 334 g/mol. The third-order valence-corrected chi connectivity index (χ3v) is 6.03. The number of aromatic nitrogens is 2. The van der Waals surface area contributed by atoms with E-state index in [0.717, 1.165) is 17.7 Å². The minimum atomic E-state index is 0.0118. The van der Waals surface area contributed by atoms with E-state index in [1.807, 2.05) is 22.4 Å². The lowest BCUT2D eigenvalue weighted by atomic mass is 10.1. The molecule has 1 aliphatic heterocycles. The van der Waals surface area contributed by atoms with Crippen LogP contribution in [-0.4, -0.2) is 27.5 Å². The van der Waals surface area contributed by atoms with E-state index in [2.05, 4.69) is 34.4 Å². The third kappa shape index (κ3) is 2.48. The van der Waals surface area contributed by atoms with Gasteiger partial charge in [-0.05, 0) is 35.4 Å². The molecule has 0 N–H and O–H groups in total. The molecule has 5 rings (SSSR count). The number of benzene rings is 1. The van der Waals surface area contributed by atoms with Crippen LogP contribution >= 0.6 is 11.3 Å². The van der Waals surface area contributed by atoms with E-state index in [9.17, 15) is 4.79 Å². The number of carbonyl (C=O) groups excluding carboxylic acids is 1. The van der Waals surface area contributed by atoms with Crippen LogP contribution in [0.3, 0.4) is 0 Å². The van der Waals surface area contributed by atoms with E-state index in [0.29, 0.717) is 24.7 Å². The number of hydrogen-bond acceptors (Lipinski definition) is 5. The molecular formula is C19H17N3O2S. The summed E-state index contributed by atoms with van der Waals surface area (Å²) in [5, 5.41) is 6.12. The van der Waals surface area contributed by atoms with E-state index < -0.39 is 0 Å². The number of nitrogens with zero attached hydrogens (tertiary/aromatic N) is 3. The molecule has 6 heteroatoms. The molecule has 0 spiro atoms. The topological polar surface area (TPSA) is 59.2 Å². The fourth-order valence-corrected chi connectivity index (χ4v) is 4.61. The monoisotopic (exact) mass is 351 g/mol. The molecule has 2 atom stereocenters. The molecule has 1 aliphatic carbocycles. The van der Waals surface area contributed by atoms with Crippen LogP contribution in [0.5, 0.6) is 0 Å². The zero-order chi connectivity index (χ0) is 16.8. The highest BCUT2D eigenvalue weighted by molar-refractivity contribution is 7.13. The van der Waals surface area contributed by atoms with Crippen LogP contribution in [0.15, 0.2) is 46.3 Å². The van der Waals surface area contributed by atoms with Gasteiger partial charge in [0.15, 0.2) is 5.82 Å². The van der Waals surface area contributed by atoms with Gasteiger partial charge in [-0.15, -0.1) is 11.3 Å². The number of rotatable bonds is 3. The predicted octanol–water partition coefficient (Wildman–Crippen LogP) is 3.80. The summed E-state index contributed by atoms with van der Waals surface area (Å²) in [4.78, 5) is 20.1. The van der Waals surface area contributed by atoms with Gasteiger partial charge in [-0.3, -0.25) is 4.79 Å². The Kier molecular flexibility index (Phi) is 3.45. The number of aryl methyl sites for hydroxylation is 1. The predicted molar refractivity (Wildman–Crippen MR) is 94.2 cm³/mol. The molecule has 0 saturated carbocycles. The Morgan fingerprint density at radius 2 is 2.12 bits per heavy atom. The minimum Gasteiger partial charge on any atom is -0.335 e. The van der Waals surface area contributed by atoms with Crippen LogP contribution in [0.4, 0.5) is 0 Å².